The van der Waals surface area contributed by atoms with Crippen LogP contribution in [0, 0.1) is 0 Å². The van der Waals surface area contributed by atoms with Crippen LogP contribution in [0.5, 0.6) is 0 Å². The summed E-state index contributed by atoms with van der Waals surface area (Å²) < 4.78 is 24.4. The van der Waals surface area contributed by atoms with Gasteiger partial charge >= 0.3 is 12.1 Å². The van der Waals surface area contributed by atoms with E-state index in [1.807, 2.05) is 0 Å². The van der Waals surface area contributed by atoms with Crippen molar-refractivity contribution in [2.75, 3.05) is 20.2 Å². The van der Waals surface area contributed by atoms with Crippen molar-refractivity contribution in [1.82, 2.24) is 4.90 Å². The normalized spacial score (nSPS) is 18.0. The van der Waals surface area contributed by atoms with Crippen molar-refractivity contribution >= 4 is 17.6 Å². The van der Waals surface area contributed by atoms with E-state index in [4.69, 9.17) is 4.74 Å². The number of esters is 1. The summed E-state index contributed by atoms with van der Waals surface area (Å²) in [4.78, 5) is 24.8. The van der Waals surface area contributed by atoms with Crippen LogP contribution in [0.2, 0.25) is 0 Å². The Morgan fingerprint density at radius 3 is 2.33 bits per heavy atom. The van der Waals surface area contributed by atoms with Crippen LogP contribution in [0.1, 0.15) is 36.7 Å². The highest BCUT2D eigenvalue weighted by Crippen LogP contribution is 2.26. The Morgan fingerprint density at radius 1 is 1.21 bits per heavy atom. The lowest BCUT2D eigenvalue weighted by Gasteiger charge is -2.31. The quantitative estimate of drug-likeness (QED) is 0.777. The van der Waals surface area contributed by atoms with E-state index in [2.05, 4.69) is 4.74 Å². The molecule has 5 nitrogen and oxygen atoms in total. The Kier molecular flexibility index (Phi) is 5.26. The Hall–Kier alpha value is -2.37. The van der Waals surface area contributed by atoms with Gasteiger partial charge in [0.2, 0.25) is 0 Å². The van der Waals surface area contributed by atoms with Crippen LogP contribution in [0.3, 0.4) is 0 Å². The summed E-state index contributed by atoms with van der Waals surface area (Å²) >= 11 is 0. The first-order valence-corrected chi connectivity index (χ1v) is 7.72. The second kappa shape index (κ2) is 7.03. The Bertz CT molecular complexity index is 646. The van der Waals surface area contributed by atoms with Gasteiger partial charge < -0.3 is 14.4 Å². The second-order valence-corrected chi connectivity index (χ2v) is 6.58. The first kappa shape index (κ1) is 18.0. The van der Waals surface area contributed by atoms with Crippen molar-refractivity contribution in [3.05, 3.63) is 41.5 Å². The SMILES string of the molecule is COC(=O)c1ccc(C2=CCN(C(=O)OC(C)(C)C)CC2F)cc1. The fourth-order valence-electron chi connectivity index (χ4n) is 2.39. The maximum absolute atomic E-state index is 14.5. The molecular formula is C18H22FNO4. The third-order valence-corrected chi connectivity index (χ3v) is 3.54. The number of carbonyl (C=O) groups is 2. The van der Waals surface area contributed by atoms with Gasteiger partial charge in [-0.2, -0.15) is 0 Å². The minimum Gasteiger partial charge on any atom is -0.465 e. The second-order valence-electron chi connectivity index (χ2n) is 6.58. The number of ether oxygens (including phenoxy) is 2. The predicted octanol–water partition coefficient (Wildman–Crippen LogP) is 3.45. The van der Waals surface area contributed by atoms with Crippen molar-refractivity contribution in [3.8, 4) is 0 Å². The first-order valence-electron chi connectivity index (χ1n) is 7.72. The third-order valence-electron chi connectivity index (χ3n) is 3.54. The summed E-state index contributed by atoms with van der Waals surface area (Å²) in [5.74, 6) is -0.438. The molecule has 1 heterocycles. The molecule has 0 N–H and O–H groups in total. The van der Waals surface area contributed by atoms with Gasteiger partial charge in [-0.3, -0.25) is 0 Å². The van der Waals surface area contributed by atoms with E-state index in [1.165, 1.54) is 12.0 Å². The smallest absolute Gasteiger partial charge is 0.410 e. The lowest BCUT2D eigenvalue weighted by Crippen LogP contribution is -2.42. The zero-order valence-electron chi connectivity index (χ0n) is 14.3. The summed E-state index contributed by atoms with van der Waals surface area (Å²) in [6.45, 7) is 5.53. The van der Waals surface area contributed by atoms with Crippen LogP contribution in [0.15, 0.2) is 30.3 Å². The van der Waals surface area contributed by atoms with Crippen LogP contribution in [-0.4, -0.2) is 48.9 Å². The number of benzene rings is 1. The molecule has 2 rings (SSSR count). The fourth-order valence-corrected chi connectivity index (χ4v) is 2.39. The van der Waals surface area contributed by atoms with E-state index in [0.717, 1.165) is 0 Å². The van der Waals surface area contributed by atoms with Gasteiger partial charge in [0.25, 0.3) is 0 Å². The topological polar surface area (TPSA) is 55.8 Å². The monoisotopic (exact) mass is 335 g/mol. The zero-order valence-corrected chi connectivity index (χ0v) is 14.3. The number of methoxy groups -OCH3 is 1. The van der Waals surface area contributed by atoms with Gasteiger partial charge in [0.15, 0.2) is 0 Å². The van der Waals surface area contributed by atoms with Crippen LogP contribution >= 0.6 is 0 Å². The number of amides is 1. The molecule has 1 unspecified atom stereocenters. The molecule has 0 aliphatic carbocycles. The lowest BCUT2D eigenvalue weighted by atomic mass is 9.97. The number of hydrogen-bond donors (Lipinski definition) is 0. The molecule has 1 atom stereocenters. The number of nitrogens with zero attached hydrogens (tertiary/aromatic N) is 1. The van der Waals surface area contributed by atoms with Gasteiger partial charge in [-0.1, -0.05) is 18.2 Å². The van der Waals surface area contributed by atoms with Crippen molar-refractivity contribution < 1.29 is 23.5 Å². The molecule has 1 aliphatic heterocycles. The van der Waals surface area contributed by atoms with Crippen molar-refractivity contribution in [3.63, 3.8) is 0 Å². The maximum atomic E-state index is 14.5. The van der Waals surface area contributed by atoms with Gasteiger partial charge in [-0.15, -0.1) is 0 Å². The molecule has 0 bridgehead atoms. The van der Waals surface area contributed by atoms with Crippen LogP contribution in [-0.2, 0) is 9.47 Å². The van der Waals surface area contributed by atoms with Crippen LogP contribution in [0.25, 0.3) is 5.57 Å². The minimum atomic E-state index is -1.31. The van der Waals surface area contributed by atoms with E-state index < -0.39 is 23.8 Å². The molecule has 0 fully saturated rings. The summed E-state index contributed by atoms with van der Waals surface area (Å²) in [5, 5.41) is 0. The minimum absolute atomic E-state index is 0.0561. The fraction of sp³-hybridized carbons (Fsp3) is 0.444. The van der Waals surface area contributed by atoms with Crippen LogP contribution < -0.4 is 0 Å². The average molecular weight is 335 g/mol. The standard InChI is InChI=1S/C18H22FNO4/c1-18(2,3)24-17(22)20-10-9-14(15(19)11-20)12-5-7-13(8-6-12)16(21)23-4/h5-9,15H,10-11H2,1-4H3. The molecule has 6 heteroatoms. The first-order chi connectivity index (χ1) is 11.2. The molecular weight excluding hydrogens is 313 g/mol. The largest absolute Gasteiger partial charge is 0.465 e. The Morgan fingerprint density at radius 2 is 1.83 bits per heavy atom. The molecule has 1 aromatic rings. The summed E-state index contributed by atoms with van der Waals surface area (Å²) in [7, 11) is 1.31. The number of hydrogen-bond acceptors (Lipinski definition) is 4. The van der Waals surface area contributed by atoms with E-state index in [1.54, 1.807) is 51.1 Å². The van der Waals surface area contributed by atoms with Gasteiger partial charge in [0, 0.05) is 6.54 Å². The number of rotatable bonds is 2. The summed E-state index contributed by atoms with van der Waals surface area (Å²) in [5.41, 5.74) is 0.977. The van der Waals surface area contributed by atoms with Crippen molar-refractivity contribution in [2.24, 2.45) is 0 Å². The van der Waals surface area contributed by atoms with E-state index in [-0.39, 0.29) is 13.1 Å². The van der Waals surface area contributed by atoms with E-state index in [9.17, 15) is 14.0 Å². The maximum Gasteiger partial charge on any atom is 0.410 e. The lowest BCUT2D eigenvalue weighted by molar-refractivity contribution is 0.0236. The highest BCUT2D eigenvalue weighted by Gasteiger charge is 2.29. The molecule has 1 aliphatic rings. The highest BCUT2D eigenvalue weighted by molar-refractivity contribution is 5.89. The molecule has 24 heavy (non-hydrogen) atoms. The third kappa shape index (κ3) is 4.34. The number of halogens is 1. The van der Waals surface area contributed by atoms with Crippen molar-refractivity contribution in [2.45, 2.75) is 32.5 Å². The average Bonchev–Trinajstić information content (AvgIpc) is 2.52. The van der Waals surface area contributed by atoms with Gasteiger partial charge in [-0.05, 0) is 44.0 Å². The predicted molar refractivity (Wildman–Crippen MR) is 88.5 cm³/mol. The Balaban J connectivity index is 2.10. The molecule has 0 radical (unpaired) electrons. The highest BCUT2D eigenvalue weighted by atomic mass is 19.1. The van der Waals surface area contributed by atoms with Gasteiger partial charge in [0.05, 0.1) is 19.2 Å². The molecule has 0 aromatic heterocycles. The summed E-state index contributed by atoms with van der Waals surface area (Å²) in [6.07, 6.45) is -0.164. The van der Waals surface area contributed by atoms with E-state index in [0.29, 0.717) is 16.7 Å². The zero-order chi connectivity index (χ0) is 17.9. The van der Waals surface area contributed by atoms with Crippen molar-refractivity contribution in [1.29, 1.82) is 0 Å². The molecule has 1 amide bonds. The number of alkyl halides is 1. The van der Waals surface area contributed by atoms with Gasteiger partial charge in [0.1, 0.15) is 11.8 Å². The van der Waals surface area contributed by atoms with Crippen LogP contribution in [0.4, 0.5) is 9.18 Å². The summed E-state index contributed by atoms with van der Waals surface area (Å²) in [6, 6.07) is 6.53. The molecule has 0 spiro atoms. The molecule has 130 valence electrons. The number of carbonyl (C=O) groups excluding carboxylic acids is 2. The molecule has 1 aromatic carbocycles. The Labute approximate surface area is 141 Å². The van der Waals surface area contributed by atoms with E-state index >= 15 is 0 Å². The molecule has 0 saturated heterocycles. The van der Waals surface area contributed by atoms with Gasteiger partial charge in [-0.25, -0.2) is 14.0 Å². The molecule has 0 saturated carbocycles.